The van der Waals surface area contributed by atoms with Crippen LogP contribution in [0.3, 0.4) is 0 Å². The molecular weight excluding hydrogens is 266 g/mol. The number of quaternary nitrogens is 1. The van der Waals surface area contributed by atoms with Gasteiger partial charge in [0, 0.05) is 11.8 Å². The van der Waals surface area contributed by atoms with Crippen LogP contribution in [0.1, 0.15) is 18.1 Å². The third-order valence-electron chi connectivity index (χ3n) is 2.86. The maximum Gasteiger partial charge on any atom is 0.328 e. The van der Waals surface area contributed by atoms with Gasteiger partial charge in [0.2, 0.25) is 0 Å². The fourth-order valence-corrected chi connectivity index (χ4v) is 1.90. The number of hydrogen-bond donors (Lipinski definition) is 1. The summed E-state index contributed by atoms with van der Waals surface area (Å²) in [5, 5.41) is 8.95. The summed E-state index contributed by atoms with van der Waals surface area (Å²) in [4.78, 5) is 17.0. The van der Waals surface area contributed by atoms with E-state index in [0.717, 1.165) is 12.1 Å². The lowest BCUT2D eigenvalue weighted by Crippen LogP contribution is -3.04. The first-order chi connectivity index (χ1) is 10.1. The van der Waals surface area contributed by atoms with Crippen LogP contribution in [0.15, 0.2) is 29.3 Å². The quantitative estimate of drug-likeness (QED) is 0.590. The number of rotatable bonds is 7. The maximum absolute atomic E-state index is 11.5. The number of hydrogen-bond acceptors (Lipinski definition) is 4. The molecule has 1 rings (SSSR count). The summed E-state index contributed by atoms with van der Waals surface area (Å²) in [7, 11) is 4.18. The second-order valence-electron chi connectivity index (χ2n) is 5.00. The summed E-state index contributed by atoms with van der Waals surface area (Å²) < 4.78 is 4.82. The molecular formula is C16H22N3O2+. The van der Waals surface area contributed by atoms with Crippen molar-refractivity contribution < 1.29 is 14.4 Å². The minimum Gasteiger partial charge on any atom is -0.465 e. The van der Waals surface area contributed by atoms with Gasteiger partial charge in [-0.25, -0.2) is 0 Å². The Hall–Kier alpha value is -2.19. The number of nitriles is 1. The second-order valence-corrected chi connectivity index (χ2v) is 5.00. The van der Waals surface area contributed by atoms with E-state index in [1.165, 1.54) is 16.7 Å². The Morgan fingerprint density at radius 2 is 2.10 bits per heavy atom. The minimum absolute atomic E-state index is 0.263. The lowest BCUT2D eigenvalue weighted by atomic mass is 10.1. The molecule has 0 fully saturated rings. The highest BCUT2D eigenvalue weighted by Gasteiger charge is 2.16. The maximum atomic E-state index is 11.5. The molecule has 5 nitrogen and oxygen atoms in total. The van der Waals surface area contributed by atoms with Crippen LogP contribution in [-0.2, 0) is 22.6 Å². The molecule has 0 bridgehead atoms. The monoisotopic (exact) mass is 288 g/mol. The smallest absolute Gasteiger partial charge is 0.328 e. The highest BCUT2D eigenvalue weighted by Crippen LogP contribution is 2.09. The minimum atomic E-state index is -0.934. The van der Waals surface area contributed by atoms with Crippen LogP contribution in [0.4, 0.5) is 0 Å². The fourth-order valence-electron chi connectivity index (χ4n) is 1.90. The van der Waals surface area contributed by atoms with Crippen molar-refractivity contribution >= 4 is 12.2 Å². The first-order valence-corrected chi connectivity index (χ1v) is 7.00. The number of aliphatic imine (C=N–C) groups is 1. The van der Waals surface area contributed by atoms with E-state index in [-0.39, 0.29) is 6.61 Å². The molecule has 1 aromatic carbocycles. The number of nitrogens with one attached hydrogen (secondary N) is 1. The molecule has 0 radical (unpaired) electrons. The Balaban J connectivity index is 2.72. The summed E-state index contributed by atoms with van der Waals surface area (Å²) in [6.45, 7) is 3.34. The lowest BCUT2D eigenvalue weighted by molar-refractivity contribution is -0.872. The summed E-state index contributed by atoms with van der Waals surface area (Å²) in [5.41, 5.74) is 2.33. The van der Waals surface area contributed by atoms with Gasteiger partial charge in [0.25, 0.3) is 0 Å². The van der Waals surface area contributed by atoms with Gasteiger partial charge in [-0.15, -0.1) is 0 Å². The topological polar surface area (TPSA) is 66.9 Å². The van der Waals surface area contributed by atoms with Gasteiger partial charge in [0.05, 0.1) is 33.3 Å². The Labute approximate surface area is 125 Å². The zero-order valence-electron chi connectivity index (χ0n) is 12.8. The third kappa shape index (κ3) is 5.76. The molecule has 0 saturated carbocycles. The number of nitrogens with zero attached hydrogens (tertiary/aromatic N) is 2. The van der Waals surface area contributed by atoms with Crippen molar-refractivity contribution in [2.24, 2.45) is 10.9 Å². The molecule has 1 aromatic rings. The van der Waals surface area contributed by atoms with Crippen molar-refractivity contribution in [2.45, 2.75) is 20.0 Å². The average Bonchev–Trinajstić information content (AvgIpc) is 2.45. The Morgan fingerprint density at radius 3 is 2.67 bits per heavy atom. The Bertz CT molecular complexity index is 533. The van der Waals surface area contributed by atoms with Crippen molar-refractivity contribution in [3.05, 3.63) is 35.4 Å². The van der Waals surface area contributed by atoms with Gasteiger partial charge in [-0.3, -0.25) is 9.79 Å². The second kappa shape index (κ2) is 8.88. The highest BCUT2D eigenvalue weighted by molar-refractivity contribution is 5.92. The van der Waals surface area contributed by atoms with E-state index in [1.54, 1.807) is 6.92 Å². The first-order valence-electron chi connectivity index (χ1n) is 7.00. The van der Waals surface area contributed by atoms with E-state index in [1.807, 2.05) is 24.3 Å². The predicted molar refractivity (Wildman–Crippen MR) is 80.9 cm³/mol. The number of benzene rings is 1. The molecule has 0 saturated heterocycles. The van der Waals surface area contributed by atoms with Crippen molar-refractivity contribution in [3.8, 4) is 6.07 Å². The van der Waals surface area contributed by atoms with Crippen molar-refractivity contribution in [1.29, 1.82) is 5.26 Å². The molecule has 21 heavy (non-hydrogen) atoms. The van der Waals surface area contributed by atoms with Crippen molar-refractivity contribution in [2.75, 3.05) is 20.7 Å². The molecule has 0 unspecified atom stereocenters. The molecule has 0 heterocycles. The summed E-state index contributed by atoms with van der Waals surface area (Å²) in [6, 6.07) is 9.95. The molecule has 0 amide bonds. The average molecular weight is 288 g/mol. The molecule has 0 aliphatic carbocycles. The standard InChI is InChI=1S/C16H21N3O2/c1-4-21-16(20)15(9-17)11-18-10-13-7-5-6-8-14(13)12-19(2)3/h5-8,11,15H,4,10,12H2,1-3H3/p+1/t15-/m1/s1. The highest BCUT2D eigenvalue weighted by atomic mass is 16.5. The zero-order valence-corrected chi connectivity index (χ0v) is 12.8. The van der Waals surface area contributed by atoms with Gasteiger partial charge in [-0.1, -0.05) is 24.3 Å². The summed E-state index contributed by atoms with van der Waals surface area (Å²) in [6.07, 6.45) is 1.37. The van der Waals surface area contributed by atoms with E-state index in [9.17, 15) is 4.79 Å². The van der Waals surface area contributed by atoms with Crippen LogP contribution in [0, 0.1) is 17.2 Å². The van der Waals surface area contributed by atoms with Crippen LogP contribution >= 0.6 is 0 Å². The molecule has 0 aromatic heterocycles. The number of carbonyl (C=O) groups is 1. The van der Waals surface area contributed by atoms with E-state index < -0.39 is 11.9 Å². The zero-order chi connectivity index (χ0) is 15.7. The predicted octanol–water partition coefficient (Wildman–Crippen LogP) is 0.605. The number of ether oxygens (including phenoxy) is 1. The van der Waals surface area contributed by atoms with Crippen LogP contribution in [0.2, 0.25) is 0 Å². The molecule has 112 valence electrons. The van der Waals surface area contributed by atoms with Crippen LogP contribution in [0.5, 0.6) is 0 Å². The van der Waals surface area contributed by atoms with Gasteiger partial charge in [0.1, 0.15) is 6.54 Å². The largest absolute Gasteiger partial charge is 0.465 e. The van der Waals surface area contributed by atoms with Gasteiger partial charge in [-0.2, -0.15) is 5.26 Å². The molecule has 5 heteroatoms. The molecule has 0 aliphatic rings. The number of esters is 1. The Kier molecular flexibility index (Phi) is 7.13. The lowest BCUT2D eigenvalue weighted by Gasteiger charge is -2.10. The molecule has 0 spiro atoms. The van der Waals surface area contributed by atoms with E-state index in [0.29, 0.717) is 6.54 Å². The Morgan fingerprint density at radius 1 is 1.43 bits per heavy atom. The van der Waals surface area contributed by atoms with E-state index in [4.69, 9.17) is 10.00 Å². The van der Waals surface area contributed by atoms with Crippen molar-refractivity contribution in [1.82, 2.24) is 0 Å². The number of carbonyl (C=O) groups excluding carboxylic acids is 1. The normalized spacial score (nSPS) is 12.3. The van der Waals surface area contributed by atoms with Crippen LogP contribution < -0.4 is 4.90 Å². The van der Waals surface area contributed by atoms with Gasteiger partial charge >= 0.3 is 5.97 Å². The van der Waals surface area contributed by atoms with Gasteiger partial charge < -0.3 is 9.64 Å². The molecule has 1 N–H and O–H groups in total. The van der Waals surface area contributed by atoms with Crippen LogP contribution in [-0.4, -0.2) is 32.9 Å². The molecule has 1 atom stereocenters. The SMILES string of the molecule is CCOC(=O)[C@H](C#N)C=NCc1ccccc1C[NH+](C)C. The third-order valence-corrected chi connectivity index (χ3v) is 2.86. The molecule has 0 aliphatic heterocycles. The summed E-state index contributed by atoms with van der Waals surface area (Å²) in [5.74, 6) is -1.48. The first kappa shape index (κ1) is 16.9. The summed E-state index contributed by atoms with van der Waals surface area (Å²) >= 11 is 0. The van der Waals surface area contributed by atoms with E-state index >= 15 is 0 Å². The van der Waals surface area contributed by atoms with Crippen molar-refractivity contribution in [3.63, 3.8) is 0 Å². The van der Waals surface area contributed by atoms with Gasteiger partial charge in [0.15, 0.2) is 5.92 Å². The van der Waals surface area contributed by atoms with Crippen LogP contribution in [0.25, 0.3) is 0 Å². The van der Waals surface area contributed by atoms with E-state index in [2.05, 4.69) is 25.2 Å². The fraction of sp³-hybridized carbons (Fsp3) is 0.438. The van der Waals surface area contributed by atoms with Gasteiger partial charge in [-0.05, 0) is 12.5 Å².